The van der Waals surface area contributed by atoms with Gasteiger partial charge in [0.05, 0.1) is 0 Å². The third kappa shape index (κ3) is 4.58. The molecule has 39 heavy (non-hydrogen) atoms. The Morgan fingerprint density at radius 2 is 1.85 bits per heavy atom. The zero-order chi connectivity index (χ0) is 27.5. The maximum absolute atomic E-state index is 15.2. The second kappa shape index (κ2) is 9.65. The predicted molar refractivity (Wildman–Crippen MR) is 134 cm³/mol. The van der Waals surface area contributed by atoms with Gasteiger partial charge in [0, 0.05) is 12.5 Å². The topological polar surface area (TPSA) is 39.3 Å². The number of H-pyrrole nitrogens is 1. The summed E-state index contributed by atoms with van der Waals surface area (Å²) in [7, 11) is 0. The normalized spacial score (nSPS) is 16.1. The van der Waals surface area contributed by atoms with Gasteiger partial charge in [0.2, 0.25) is 0 Å². The standard InChI is InChI=1S/C29H22F5IN3O/c1-29(33,34)18-6-4-5-16(9-18)21-13-36-24-11-20(22(30)10-19(21)24)27(39)37-14-17(15-37)26-12-35-23-7-2-3-8-25(23)38(26)28(31)32/h2-13,17,28,36H,14-15H2,1H3/q-1. The summed E-state index contributed by atoms with van der Waals surface area (Å²) in [6.45, 7) is -1.47. The maximum Gasteiger partial charge on any atom is -0.0451 e. The average molecular weight is 650 g/mol. The molecule has 0 bridgehead atoms. The van der Waals surface area contributed by atoms with Crippen molar-refractivity contribution >= 4 is 22.5 Å². The van der Waals surface area contributed by atoms with Gasteiger partial charge < -0.3 is 0 Å². The number of nitrogens with one attached hydrogen (secondary N) is 1. The van der Waals surface area contributed by atoms with Gasteiger partial charge in [-0.15, -0.1) is 0 Å². The number of amides is 1. The van der Waals surface area contributed by atoms with Gasteiger partial charge in [-0.3, -0.25) is 0 Å². The molecule has 0 saturated carbocycles. The minimum absolute atomic E-state index is 0.135. The largest absolute Gasteiger partial charge is 0.0451 e. The molecule has 2 aliphatic heterocycles. The van der Waals surface area contributed by atoms with E-state index >= 15 is 4.39 Å². The Kier molecular flexibility index (Phi) is 6.40. The zero-order valence-electron chi connectivity index (χ0n) is 20.6. The first-order valence-electron chi connectivity index (χ1n) is 12.2. The van der Waals surface area contributed by atoms with E-state index in [-0.39, 0.29) is 30.1 Å². The molecule has 1 amide bonds. The molecule has 202 valence electrons. The minimum Gasteiger partial charge on any atom is -0.0451 e. The number of rotatable bonds is 5. The van der Waals surface area contributed by atoms with Gasteiger partial charge in [-0.25, -0.2) is 8.78 Å². The third-order valence-corrected chi connectivity index (χ3v) is 9.67. The molecule has 0 aliphatic carbocycles. The fourth-order valence-corrected chi connectivity index (χ4v) is 7.69. The Morgan fingerprint density at radius 3 is 2.59 bits per heavy atom. The first-order chi connectivity index (χ1) is 18.6. The smallest absolute Gasteiger partial charge is 0.0451 e. The number of alkyl halides is 4. The fraction of sp³-hybridized carbons (Fsp3) is 0.207. The van der Waals surface area contributed by atoms with Crippen LogP contribution in [0.1, 0.15) is 22.8 Å². The van der Waals surface area contributed by atoms with Crippen molar-refractivity contribution in [3.8, 4) is 11.1 Å². The van der Waals surface area contributed by atoms with Crippen molar-refractivity contribution in [2.75, 3.05) is 18.0 Å². The number of anilines is 1. The molecule has 10 heteroatoms. The number of aromatic amines is 1. The molecule has 0 radical (unpaired) electrons. The molecule has 4 aromatic rings. The van der Waals surface area contributed by atoms with E-state index < -0.39 is 45.4 Å². The molecule has 0 atom stereocenters. The van der Waals surface area contributed by atoms with Gasteiger partial charge in [0.1, 0.15) is 0 Å². The van der Waals surface area contributed by atoms with E-state index in [1.54, 1.807) is 24.4 Å². The Labute approximate surface area is 231 Å². The number of nitrogens with zero attached hydrogens (tertiary/aromatic N) is 2. The molecular formula is C29H22F5IN3O-. The van der Waals surface area contributed by atoms with Crippen molar-refractivity contribution in [1.82, 2.24) is 9.88 Å². The average Bonchev–Trinajstić information content (AvgIpc) is 3.29. The summed E-state index contributed by atoms with van der Waals surface area (Å²) in [6.07, 6.45) is 1.60. The molecule has 0 unspecified atom stereocenters. The van der Waals surface area contributed by atoms with E-state index in [0.29, 0.717) is 33.4 Å². The molecule has 1 fully saturated rings. The van der Waals surface area contributed by atoms with Crippen molar-refractivity contribution in [2.24, 2.45) is 5.92 Å². The van der Waals surface area contributed by atoms with Gasteiger partial charge in [0.25, 0.3) is 5.92 Å². The molecule has 1 N–H and O–H groups in total. The summed E-state index contributed by atoms with van der Waals surface area (Å²) in [4.78, 5) is 18.7. The van der Waals surface area contributed by atoms with Crippen molar-refractivity contribution in [3.05, 3.63) is 97.2 Å². The summed E-state index contributed by atoms with van der Waals surface area (Å²) >= 11 is -0.577. The number of hydrogen-bond acceptors (Lipinski definition) is 2. The van der Waals surface area contributed by atoms with Gasteiger partial charge in [-0.1, -0.05) is 18.2 Å². The Balaban J connectivity index is 1.22. The van der Waals surface area contributed by atoms with E-state index in [4.69, 9.17) is 0 Å². The number of para-hydroxylation sites is 1. The van der Waals surface area contributed by atoms with Crippen LogP contribution in [0.2, 0.25) is 0 Å². The number of aromatic nitrogens is 1. The number of fused-ring (bicyclic) bond motifs is 2. The zero-order valence-corrected chi connectivity index (χ0v) is 22.7. The summed E-state index contributed by atoms with van der Waals surface area (Å²) in [5.74, 6) is -4.54. The number of carbonyl (C=O) groups excluding carboxylic acids is 1. The van der Waals surface area contributed by atoms with Gasteiger partial charge in [0.15, 0.2) is 0 Å². The summed E-state index contributed by atoms with van der Waals surface area (Å²) in [6, 6.07) is 15.6. The maximum atomic E-state index is 15.2. The SMILES string of the molecule is CC(F)(F)c1cccc(-c2c[nH]c3cc(C(=O)N4CC(C5=C[I-]c6ccccc6N5C(F)F)C4)c(F)cc23)c1. The van der Waals surface area contributed by atoms with Gasteiger partial charge in [-0.05, 0) is 6.07 Å². The second-order valence-electron chi connectivity index (χ2n) is 9.70. The van der Waals surface area contributed by atoms with Gasteiger partial charge in [-0.2, -0.15) is 0 Å². The van der Waals surface area contributed by atoms with Crippen LogP contribution in [0, 0.1) is 15.3 Å². The molecule has 3 heterocycles. The Hall–Kier alpha value is -3.41. The molecule has 4 nitrogen and oxygen atoms in total. The quantitative estimate of drug-likeness (QED) is 0.202. The fourth-order valence-electron chi connectivity index (χ4n) is 5.06. The van der Waals surface area contributed by atoms with E-state index in [1.807, 2.05) is 16.2 Å². The van der Waals surface area contributed by atoms with Crippen LogP contribution in [0.15, 0.2) is 76.6 Å². The first kappa shape index (κ1) is 25.8. The van der Waals surface area contributed by atoms with E-state index in [0.717, 1.165) is 15.4 Å². The predicted octanol–water partition coefficient (Wildman–Crippen LogP) is 4.00. The molecule has 1 saturated heterocycles. The van der Waals surface area contributed by atoms with Crippen LogP contribution in [-0.2, 0) is 5.92 Å². The van der Waals surface area contributed by atoms with Crippen molar-refractivity contribution < 1.29 is 48.0 Å². The monoisotopic (exact) mass is 650 g/mol. The van der Waals surface area contributed by atoms with Crippen molar-refractivity contribution in [3.63, 3.8) is 0 Å². The van der Waals surface area contributed by atoms with Crippen LogP contribution < -0.4 is 26.1 Å². The van der Waals surface area contributed by atoms with Gasteiger partial charge >= 0.3 is 180 Å². The van der Waals surface area contributed by atoms with Crippen LogP contribution >= 0.6 is 0 Å². The van der Waals surface area contributed by atoms with Crippen LogP contribution in [0.3, 0.4) is 0 Å². The van der Waals surface area contributed by atoms with E-state index in [2.05, 4.69) is 4.98 Å². The third-order valence-electron chi connectivity index (χ3n) is 7.14. The number of hydrogen-bond donors (Lipinski definition) is 1. The van der Waals surface area contributed by atoms with Crippen LogP contribution in [0.4, 0.5) is 27.6 Å². The summed E-state index contributed by atoms with van der Waals surface area (Å²) in [5.41, 5.74) is 2.26. The molecule has 0 spiro atoms. The van der Waals surface area contributed by atoms with E-state index in [1.165, 1.54) is 35.2 Å². The number of halogens is 6. The Bertz CT molecular complexity index is 1620. The number of likely N-dealkylation sites (tertiary alicyclic amines) is 1. The summed E-state index contributed by atoms with van der Waals surface area (Å²) < 4.78 is 73.7. The first-order valence-corrected chi connectivity index (χ1v) is 14.5. The number of benzene rings is 3. The molecule has 1 aromatic heterocycles. The number of carbonyl (C=O) groups is 1. The molecule has 3 aromatic carbocycles. The van der Waals surface area contributed by atoms with Crippen molar-refractivity contribution in [2.45, 2.75) is 19.4 Å². The molecule has 6 rings (SSSR count). The molecule has 2 aliphatic rings. The second-order valence-corrected chi connectivity index (χ2v) is 12.1. The van der Waals surface area contributed by atoms with Crippen LogP contribution in [0.5, 0.6) is 0 Å². The van der Waals surface area contributed by atoms with Crippen LogP contribution in [-0.4, -0.2) is 35.4 Å². The van der Waals surface area contributed by atoms with E-state index in [9.17, 15) is 22.4 Å². The Morgan fingerprint density at radius 1 is 1.08 bits per heavy atom. The van der Waals surface area contributed by atoms with Crippen molar-refractivity contribution in [1.29, 1.82) is 0 Å². The summed E-state index contributed by atoms with van der Waals surface area (Å²) in [5, 5.41) is 0.463. The molecular weight excluding hydrogens is 628 g/mol. The van der Waals surface area contributed by atoms with Crippen LogP contribution in [0.25, 0.3) is 22.0 Å². The minimum atomic E-state index is -3.02.